The maximum absolute atomic E-state index is 12.4. The topological polar surface area (TPSA) is 97.0 Å². The molecule has 0 saturated carbocycles. The van der Waals surface area contributed by atoms with E-state index in [2.05, 4.69) is 10.9 Å². The first kappa shape index (κ1) is 19.2. The fraction of sp³-hybridized carbons (Fsp3) is 0.250. The molecule has 2 aromatic carbocycles. The van der Waals surface area contributed by atoms with Gasteiger partial charge in [0.1, 0.15) is 11.5 Å². The van der Waals surface area contributed by atoms with Crippen molar-refractivity contribution in [1.82, 2.24) is 10.9 Å². The zero-order valence-corrected chi connectivity index (χ0v) is 15.6. The third-order valence-electron chi connectivity index (χ3n) is 4.30. The fourth-order valence-corrected chi connectivity index (χ4v) is 2.81. The molecule has 0 fully saturated rings. The Labute approximate surface area is 162 Å². The molecule has 0 radical (unpaired) electrons. The van der Waals surface area contributed by atoms with Crippen LogP contribution < -0.4 is 25.2 Å². The minimum absolute atomic E-state index is 0.0235. The van der Waals surface area contributed by atoms with Gasteiger partial charge in [0, 0.05) is 18.5 Å². The number of ether oxygens (including phenoxy) is 2. The van der Waals surface area contributed by atoms with Crippen LogP contribution >= 0.6 is 0 Å². The van der Waals surface area contributed by atoms with Crippen LogP contribution in [0.1, 0.15) is 23.7 Å². The molecule has 3 rings (SSSR count). The molecule has 0 bridgehead atoms. The predicted molar refractivity (Wildman–Crippen MR) is 102 cm³/mol. The van der Waals surface area contributed by atoms with Gasteiger partial charge in [0.15, 0.2) is 6.10 Å². The number of carbonyl (C=O) groups excluding carboxylic acids is 3. The minimum atomic E-state index is -0.618. The Balaban J connectivity index is 1.54. The summed E-state index contributed by atoms with van der Waals surface area (Å²) < 4.78 is 10.6. The largest absolute Gasteiger partial charge is 0.497 e. The number of amides is 3. The summed E-state index contributed by atoms with van der Waals surface area (Å²) >= 11 is 0. The van der Waals surface area contributed by atoms with Crippen LogP contribution in [0.4, 0.5) is 5.69 Å². The predicted octanol–water partition coefficient (Wildman–Crippen LogP) is 1.66. The first-order valence-corrected chi connectivity index (χ1v) is 8.80. The van der Waals surface area contributed by atoms with Crippen molar-refractivity contribution in [3.05, 3.63) is 54.1 Å². The highest BCUT2D eigenvalue weighted by molar-refractivity contribution is 6.00. The van der Waals surface area contributed by atoms with E-state index in [9.17, 15) is 14.4 Å². The van der Waals surface area contributed by atoms with Crippen LogP contribution in [0.3, 0.4) is 0 Å². The molecule has 1 aliphatic heterocycles. The average Bonchev–Trinajstić information content (AvgIpc) is 2.72. The normalized spacial score (nSPS) is 15.3. The monoisotopic (exact) mass is 383 g/mol. The maximum Gasteiger partial charge on any atom is 0.269 e. The smallest absolute Gasteiger partial charge is 0.269 e. The molecular formula is C20H21N3O5. The molecule has 146 valence electrons. The highest BCUT2D eigenvalue weighted by Crippen LogP contribution is 2.33. The second-order valence-electron chi connectivity index (χ2n) is 6.20. The SMILES string of the molecule is COc1ccc(C(=O)NNC(=O)CCN2C(=O)[C@@H](C)Oc3ccccc32)cc1. The standard InChI is InChI=1S/C20H21N3O5/c1-13-20(26)23(16-5-3-4-6-17(16)28-13)12-11-18(24)21-22-19(25)14-7-9-15(27-2)10-8-14/h3-10,13H,11-12H2,1-2H3,(H,21,24)(H,22,25)/t13-/m1/s1. The lowest BCUT2D eigenvalue weighted by molar-refractivity contribution is -0.125. The molecular weight excluding hydrogens is 362 g/mol. The number of hydrazine groups is 1. The van der Waals surface area contributed by atoms with Gasteiger partial charge in [-0.2, -0.15) is 0 Å². The van der Waals surface area contributed by atoms with Crippen LogP contribution in [0.5, 0.6) is 11.5 Å². The van der Waals surface area contributed by atoms with Gasteiger partial charge >= 0.3 is 0 Å². The zero-order valence-electron chi connectivity index (χ0n) is 15.6. The summed E-state index contributed by atoms with van der Waals surface area (Å²) in [5, 5.41) is 0. The number of rotatable bonds is 5. The van der Waals surface area contributed by atoms with Crippen LogP contribution in [0.2, 0.25) is 0 Å². The number of nitrogens with one attached hydrogen (secondary N) is 2. The van der Waals surface area contributed by atoms with E-state index in [0.717, 1.165) is 0 Å². The summed E-state index contributed by atoms with van der Waals surface area (Å²) in [6.45, 7) is 1.84. The number of para-hydroxylation sites is 2. The van der Waals surface area contributed by atoms with Gasteiger partial charge in [0.05, 0.1) is 12.8 Å². The summed E-state index contributed by atoms with van der Waals surface area (Å²) in [7, 11) is 1.54. The van der Waals surface area contributed by atoms with Crippen molar-refractivity contribution in [2.24, 2.45) is 0 Å². The Kier molecular flexibility index (Phi) is 5.78. The van der Waals surface area contributed by atoms with Gasteiger partial charge in [-0.3, -0.25) is 25.2 Å². The van der Waals surface area contributed by atoms with Gasteiger partial charge in [-0.25, -0.2) is 0 Å². The van der Waals surface area contributed by atoms with Crippen molar-refractivity contribution in [3.8, 4) is 11.5 Å². The van der Waals surface area contributed by atoms with Crippen molar-refractivity contribution in [3.63, 3.8) is 0 Å². The van der Waals surface area contributed by atoms with Crippen LogP contribution in [0, 0.1) is 0 Å². The fourth-order valence-electron chi connectivity index (χ4n) is 2.81. The van der Waals surface area contributed by atoms with Crippen molar-refractivity contribution < 1.29 is 23.9 Å². The van der Waals surface area contributed by atoms with E-state index in [1.807, 2.05) is 6.07 Å². The second-order valence-corrected chi connectivity index (χ2v) is 6.20. The van der Waals surface area contributed by atoms with E-state index in [0.29, 0.717) is 22.7 Å². The number of carbonyl (C=O) groups is 3. The minimum Gasteiger partial charge on any atom is -0.497 e. The average molecular weight is 383 g/mol. The molecule has 2 N–H and O–H groups in total. The van der Waals surface area contributed by atoms with Crippen molar-refractivity contribution in [1.29, 1.82) is 0 Å². The van der Waals surface area contributed by atoms with Gasteiger partial charge in [0.25, 0.3) is 11.8 Å². The van der Waals surface area contributed by atoms with Crippen molar-refractivity contribution in [2.45, 2.75) is 19.4 Å². The lowest BCUT2D eigenvalue weighted by Gasteiger charge is -2.32. The van der Waals surface area contributed by atoms with Crippen LogP contribution in [-0.4, -0.2) is 37.5 Å². The molecule has 2 aromatic rings. The first-order chi connectivity index (χ1) is 13.5. The second kappa shape index (κ2) is 8.43. The van der Waals surface area contributed by atoms with Crippen LogP contribution in [0.25, 0.3) is 0 Å². The quantitative estimate of drug-likeness (QED) is 0.766. The zero-order chi connectivity index (χ0) is 20.1. The Hall–Kier alpha value is -3.55. The summed E-state index contributed by atoms with van der Waals surface area (Å²) in [4.78, 5) is 38.1. The van der Waals surface area contributed by atoms with Gasteiger partial charge in [-0.15, -0.1) is 0 Å². The summed E-state index contributed by atoms with van der Waals surface area (Å²) in [5.74, 6) is 0.158. The lowest BCUT2D eigenvalue weighted by Crippen LogP contribution is -2.47. The van der Waals surface area contributed by atoms with E-state index < -0.39 is 17.9 Å². The molecule has 8 nitrogen and oxygen atoms in total. The number of anilines is 1. The molecule has 1 aliphatic rings. The number of methoxy groups -OCH3 is 1. The van der Waals surface area contributed by atoms with Crippen LogP contribution in [0.15, 0.2) is 48.5 Å². The highest BCUT2D eigenvalue weighted by atomic mass is 16.5. The van der Waals surface area contributed by atoms with Gasteiger partial charge in [-0.05, 0) is 43.3 Å². The molecule has 8 heteroatoms. The third kappa shape index (κ3) is 4.22. The Morgan fingerprint density at radius 2 is 1.82 bits per heavy atom. The molecule has 1 atom stereocenters. The molecule has 0 spiro atoms. The number of nitrogens with zero attached hydrogens (tertiary/aromatic N) is 1. The summed E-state index contributed by atoms with van der Waals surface area (Å²) in [5.41, 5.74) is 5.72. The van der Waals surface area contributed by atoms with Gasteiger partial charge in [-0.1, -0.05) is 12.1 Å². The molecule has 0 saturated heterocycles. The lowest BCUT2D eigenvalue weighted by atomic mass is 10.1. The molecule has 0 aliphatic carbocycles. The number of fused-ring (bicyclic) bond motifs is 1. The number of hydrogen-bond donors (Lipinski definition) is 2. The van der Waals surface area contributed by atoms with Crippen molar-refractivity contribution in [2.75, 3.05) is 18.6 Å². The summed E-state index contributed by atoms with van der Waals surface area (Å²) in [6.07, 6.45) is -0.594. The van der Waals surface area contributed by atoms with E-state index in [-0.39, 0.29) is 18.9 Å². The molecule has 0 unspecified atom stereocenters. The van der Waals surface area contributed by atoms with E-state index in [1.54, 1.807) is 49.4 Å². The van der Waals surface area contributed by atoms with Crippen LogP contribution in [-0.2, 0) is 9.59 Å². The Morgan fingerprint density at radius 3 is 2.54 bits per heavy atom. The molecule has 3 amide bonds. The van der Waals surface area contributed by atoms with Gasteiger partial charge < -0.3 is 14.4 Å². The van der Waals surface area contributed by atoms with E-state index in [1.165, 1.54) is 12.0 Å². The Bertz CT molecular complexity index is 882. The Morgan fingerprint density at radius 1 is 1.11 bits per heavy atom. The first-order valence-electron chi connectivity index (χ1n) is 8.80. The van der Waals surface area contributed by atoms with E-state index >= 15 is 0 Å². The number of hydrogen-bond acceptors (Lipinski definition) is 5. The third-order valence-corrected chi connectivity index (χ3v) is 4.30. The number of benzene rings is 2. The molecule has 28 heavy (non-hydrogen) atoms. The summed E-state index contributed by atoms with van der Waals surface area (Å²) in [6, 6.07) is 13.6. The maximum atomic E-state index is 12.4. The molecule has 0 aromatic heterocycles. The van der Waals surface area contributed by atoms with Crippen molar-refractivity contribution >= 4 is 23.4 Å². The van der Waals surface area contributed by atoms with E-state index in [4.69, 9.17) is 9.47 Å². The highest BCUT2D eigenvalue weighted by Gasteiger charge is 2.31. The van der Waals surface area contributed by atoms with Gasteiger partial charge in [0.2, 0.25) is 5.91 Å². The molecule has 1 heterocycles.